The summed E-state index contributed by atoms with van der Waals surface area (Å²) >= 11 is 0. The summed E-state index contributed by atoms with van der Waals surface area (Å²) in [5.74, 6) is 0. The Hall–Kier alpha value is -0.120. The molecule has 0 radical (unpaired) electrons. The van der Waals surface area contributed by atoms with Gasteiger partial charge in [-0.05, 0) is 51.2 Å². The highest BCUT2D eigenvalue weighted by Crippen LogP contribution is 2.34. The average Bonchev–Trinajstić information content (AvgIpc) is 2.39. The summed E-state index contributed by atoms with van der Waals surface area (Å²) < 4.78 is 0. The number of rotatable bonds is 7. The smallest absolute Gasteiger partial charge is 0.0623 e. The number of likely N-dealkylation sites (tertiary alicyclic amines) is 1. The van der Waals surface area contributed by atoms with Crippen LogP contribution < -0.4 is 5.32 Å². The maximum atomic E-state index is 9.60. The molecular formula is C15H32N2O. The lowest BCUT2D eigenvalue weighted by atomic mass is 9.78. The molecule has 1 heterocycles. The van der Waals surface area contributed by atoms with Gasteiger partial charge in [-0.3, -0.25) is 0 Å². The fourth-order valence-electron chi connectivity index (χ4n) is 2.69. The van der Waals surface area contributed by atoms with E-state index in [2.05, 4.69) is 37.9 Å². The zero-order valence-electron chi connectivity index (χ0n) is 12.8. The minimum absolute atomic E-state index is 0.143. The van der Waals surface area contributed by atoms with Crippen molar-refractivity contribution in [3.05, 3.63) is 0 Å². The van der Waals surface area contributed by atoms with Crippen molar-refractivity contribution in [1.82, 2.24) is 10.2 Å². The molecule has 0 aliphatic carbocycles. The molecule has 1 rings (SSSR count). The van der Waals surface area contributed by atoms with Crippen LogP contribution in [0.3, 0.4) is 0 Å². The van der Waals surface area contributed by atoms with Crippen molar-refractivity contribution in [1.29, 1.82) is 0 Å². The third kappa shape index (κ3) is 4.52. The van der Waals surface area contributed by atoms with Gasteiger partial charge in [0.25, 0.3) is 0 Å². The predicted molar refractivity (Wildman–Crippen MR) is 77.9 cm³/mol. The number of nitrogens with zero attached hydrogens (tertiary/aromatic N) is 1. The summed E-state index contributed by atoms with van der Waals surface area (Å²) in [5.41, 5.74) is 0.402. The first-order valence-corrected chi connectivity index (χ1v) is 7.55. The Kier molecular flexibility index (Phi) is 6.09. The zero-order chi connectivity index (χ0) is 13.6. The molecule has 1 unspecified atom stereocenters. The summed E-state index contributed by atoms with van der Waals surface area (Å²) in [7, 11) is 0. The van der Waals surface area contributed by atoms with E-state index in [-0.39, 0.29) is 12.1 Å². The highest BCUT2D eigenvalue weighted by molar-refractivity contribution is 4.89. The Balaban J connectivity index is 2.43. The SMILES string of the molecule is CCCNC(C)(CO)CN1CCC(C)(CC)CC1. The van der Waals surface area contributed by atoms with Crippen LogP contribution in [0.5, 0.6) is 0 Å². The lowest BCUT2D eigenvalue weighted by Gasteiger charge is -2.42. The first-order valence-electron chi connectivity index (χ1n) is 7.55. The van der Waals surface area contributed by atoms with Gasteiger partial charge in [0, 0.05) is 6.54 Å². The molecule has 1 atom stereocenters. The van der Waals surface area contributed by atoms with Crippen LogP contribution in [-0.2, 0) is 0 Å². The summed E-state index contributed by atoms with van der Waals surface area (Å²) in [5, 5.41) is 13.1. The monoisotopic (exact) mass is 256 g/mol. The average molecular weight is 256 g/mol. The van der Waals surface area contributed by atoms with Gasteiger partial charge in [0.15, 0.2) is 0 Å². The van der Waals surface area contributed by atoms with Crippen LogP contribution in [0.15, 0.2) is 0 Å². The second-order valence-corrected chi connectivity index (χ2v) is 6.59. The molecule has 0 spiro atoms. The first-order chi connectivity index (χ1) is 8.47. The van der Waals surface area contributed by atoms with Crippen molar-refractivity contribution in [2.24, 2.45) is 5.41 Å². The fourth-order valence-corrected chi connectivity index (χ4v) is 2.69. The van der Waals surface area contributed by atoms with Crippen LogP contribution in [0.4, 0.5) is 0 Å². The summed E-state index contributed by atoms with van der Waals surface area (Å²) in [4.78, 5) is 2.51. The molecule has 0 aromatic rings. The molecule has 0 aromatic carbocycles. The Morgan fingerprint density at radius 1 is 1.28 bits per heavy atom. The van der Waals surface area contributed by atoms with Crippen molar-refractivity contribution < 1.29 is 5.11 Å². The van der Waals surface area contributed by atoms with Crippen molar-refractivity contribution in [2.45, 2.75) is 58.9 Å². The number of aliphatic hydroxyl groups excluding tert-OH is 1. The Morgan fingerprint density at radius 3 is 2.33 bits per heavy atom. The van der Waals surface area contributed by atoms with Gasteiger partial charge in [-0.2, -0.15) is 0 Å². The van der Waals surface area contributed by atoms with Gasteiger partial charge in [-0.25, -0.2) is 0 Å². The maximum Gasteiger partial charge on any atom is 0.0623 e. The van der Waals surface area contributed by atoms with Gasteiger partial charge in [-0.15, -0.1) is 0 Å². The topological polar surface area (TPSA) is 35.5 Å². The highest BCUT2D eigenvalue weighted by Gasteiger charge is 2.32. The zero-order valence-corrected chi connectivity index (χ0v) is 12.8. The van der Waals surface area contributed by atoms with Gasteiger partial charge in [0.05, 0.1) is 12.1 Å². The lowest BCUT2D eigenvalue weighted by molar-refractivity contribution is 0.0684. The van der Waals surface area contributed by atoms with E-state index in [1.165, 1.54) is 32.4 Å². The van der Waals surface area contributed by atoms with Crippen LogP contribution >= 0.6 is 0 Å². The summed E-state index contributed by atoms with van der Waals surface area (Å²) in [6.45, 7) is 13.5. The molecule has 0 aromatic heterocycles. The van der Waals surface area contributed by atoms with Crippen LogP contribution in [0.1, 0.15) is 53.4 Å². The Labute approximate surface area is 113 Å². The van der Waals surface area contributed by atoms with Gasteiger partial charge in [0.2, 0.25) is 0 Å². The third-order valence-electron chi connectivity index (χ3n) is 4.64. The normalized spacial score (nSPS) is 23.8. The van der Waals surface area contributed by atoms with Gasteiger partial charge >= 0.3 is 0 Å². The number of aliphatic hydroxyl groups is 1. The second-order valence-electron chi connectivity index (χ2n) is 6.59. The molecule has 2 N–H and O–H groups in total. The molecule has 1 aliphatic heterocycles. The molecule has 18 heavy (non-hydrogen) atoms. The highest BCUT2D eigenvalue weighted by atomic mass is 16.3. The molecule has 3 nitrogen and oxygen atoms in total. The Morgan fingerprint density at radius 2 is 1.89 bits per heavy atom. The van der Waals surface area contributed by atoms with E-state index >= 15 is 0 Å². The molecule has 1 fully saturated rings. The quantitative estimate of drug-likeness (QED) is 0.733. The molecule has 0 amide bonds. The van der Waals surface area contributed by atoms with Crippen molar-refractivity contribution in [3.8, 4) is 0 Å². The van der Waals surface area contributed by atoms with E-state index in [0.717, 1.165) is 19.5 Å². The lowest BCUT2D eigenvalue weighted by Crippen LogP contribution is -2.56. The number of nitrogens with one attached hydrogen (secondary N) is 1. The molecule has 1 saturated heterocycles. The third-order valence-corrected chi connectivity index (χ3v) is 4.64. The first kappa shape index (κ1) is 15.9. The summed E-state index contributed by atoms with van der Waals surface area (Å²) in [6, 6.07) is 0. The van der Waals surface area contributed by atoms with E-state index in [1.54, 1.807) is 0 Å². The van der Waals surface area contributed by atoms with Crippen LogP contribution in [0.25, 0.3) is 0 Å². The van der Waals surface area contributed by atoms with E-state index in [0.29, 0.717) is 5.41 Å². The van der Waals surface area contributed by atoms with Crippen molar-refractivity contribution in [3.63, 3.8) is 0 Å². The Bertz CT molecular complexity index is 237. The fraction of sp³-hybridized carbons (Fsp3) is 1.00. The molecule has 3 heteroatoms. The van der Waals surface area contributed by atoms with Crippen LogP contribution in [-0.4, -0.2) is 48.3 Å². The molecule has 0 bridgehead atoms. The largest absolute Gasteiger partial charge is 0.394 e. The van der Waals surface area contributed by atoms with Gasteiger partial charge < -0.3 is 15.3 Å². The molecular weight excluding hydrogens is 224 g/mol. The minimum Gasteiger partial charge on any atom is -0.394 e. The van der Waals surface area contributed by atoms with Crippen LogP contribution in [0, 0.1) is 5.41 Å². The molecule has 1 aliphatic rings. The number of piperidine rings is 1. The van der Waals surface area contributed by atoms with Crippen molar-refractivity contribution >= 4 is 0 Å². The van der Waals surface area contributed by atoms with Crippen molar-refractivity contribution in [2.75, 3.05) is 32.8 Å². The predicted octanol–water partition coefficient (Wildman–Crippen LogP) is 2.25. The number of hydrogen-bond acceptors (Lipinski definition) is 3. The van der Waals surface area contributed by atoms with E-state index in [9.17, 15) is 5.11 Å². The standard InChI is InChI=1S/C15H32N2O/c1-5-9-16-15(4,13-18)12-17-10-7-14(3,6-2)8-11-17/h16,18H,5-13H2,1-4H3. The maximum absolute atomic E-state index is 9.60. The van der Waals surface area contributed by atoms with Gasteiger partial charge in [-0.1, -0.05) is 27.2 Å². The summed E-state index contributed by atoms with van der Waals surface area (Å²) in [6.07, 6.45) is 4.98. The second kappa shape index (κ2) is 6.88. The van der Waals surface area contributed by atoms with Gasteiger partial charge in [0.1, 0.15) is 0 Å². The molecule has 108 valence electrons. The van der Waals surface area contributed by atoms with E-state index in [4.69, 9.17) is 0 Å². The van der Waals surface area contributed by atoms with E-state index < -0.39 is 0 Å². The minimum atomic E-state index is -0.143. The van der Waals surface area contributed by atoms with E-state index in [1.807, 2.05) is 0 Å². The molecule has 0 saturated carbocycles. The van der Waals surface area contributed by atoms with Crippen LogP contribution in [0.2, 0.25) is 0 Å². The number of hydrogen-bond donors (Lipinski definition) is 2.